The van der Waals surface area contributed by atoms with Crippen molar-refractivity contribution in [1.29, 1.82) is 0 Å². The number of anilines is 1. The second-order valence-corrected chi connectivity index (χ2v) is 6.92. The summed E-state index contributed by atoms with van der Waals surface area (Å²) in [5.41, 5.74) is 2.57. The van der Waals surface area contributed by atoms with E-state index in [1.165, 1.54) is 0 Å². The number of hydrogen-bond acceptors (Lipinski definition) is 4. The minimum atomic E-state index is -0.220. The normalized spacial score (nSPS) is 10.5. The van der Waals surface area contributed by atoms with Crippen LogP contribution in [0.2, 0.25) is 0 Å². The number of nitrogens with zero attached hydrogens (tertiary/aromatic N) is 2. The number of ether oxygens (including phenoxy) is 2. The number of para-hydroxylation sites is 1. The summed E-state index contributed by atoms with van der Waals surface area (Å²) in [6, 6.07) is 13.2. The van der Waals surface area contributed by atoms with E-state index in [0.29, 0.717) is 13.2 Å². The average molecular weight is 409 g/mol. The number of benzene rings is 2. The average Bonchev–Trinajstić information content (AvgIpc) is 3.28. The summed E-state index contributed by atoms with van der Waals surface area (Å²) in [5.74, 6) is 1.51. The molecule has 2 aromatic carbocycles. The van der Waals surface area contributed by atoms with Crippen LogP contribution in [0.5, 0.6) is 11.5 Å². The van der Waals surface area contributed by atoms with Crippen molar-refractivity contribution in [3.63, 3.8) is 0 Å². The van der Waals surface area contributed by atoms with E-state index in [4.69, 9.17) is 9.47 Å². The summed E-state index contributed by atoms with van der Waals surface area (Å²) in [7, 11) is 1.64. The number of aromatic nitrogens is 2. The predicted octanol–water partition coefficient (Wildman–Crippen LogP) is 4.38. The van der Waals surface area contributed by atoms with Crippen molar-refractivity contribution in [1.82, 2.24) is 14.9 Å². The van der Waals surface area contributed by atoms with Crippen molar-refractivity contribution in [3.05, 3.63) is 72.3 Å². The predicted molar refractivity (Wildman–Crippen MR) is 117 cm³/mol. The van der Waals surface area contributed by atoms with Gasteiger partial charge in [-0.25, -0.2) is 9.78 Å². The van der Waals surface area contributed by atoms with Crippen LogP contribution in [0, 0.1) is 6.92 Å². The lowest BCUT2D eigenvalue weighted by atomic mass is 10.1. The molecule has 0 saturated heterocycles. The van der Waals surface area contributed by atoms with Crippen LogP contribution in [-0.4, -0.2) is 29.2 Å². The maximum absolute atomic E-state index is 12.2. The first-order chi connectivity index (χ1) is 14.7. The summed E-state index contributed by atoms with van der Waals surface area (Å²) < 4.78 is 13.4. The molecule has 0 atom stereocenters. The van der Waals surface area contributed by atoms with Gasteiger partial charge in [0.15, 0.2) is 0 Å². The first-order valence-corrected chi connectivity index (χ1v) is 10.0. The van der Waals surface area contributed by atoms with Crippen LogP contribution in [0.3, 0.4) is 0 Å². The van der Waals surface area contributed by atoms with Crippen molar-refractivity contribution in [2.75, 3.05) is 19.0 Å². The van der Waals surface area contributed by atoms with Gasteiger partial charge in [-0.3, -0.25) is 0 Å². The van der Waals surface area contributed by atoms with Crippen LogP contribution < -0.4 is 20.1 Å². The molecule has 0 unspecified atom stereocenters. The van der Waals surface area contributed by atoms with Crippen molar-refractivity contribution >= 4 is 11.7 Å². The number of methoxy groups -OCH3 is 1. The quantitative estimate of drug-likeness (QED) is 0.488. The first-order valence-electron chi connectivity index (χ1n) is 10.0. The summed E-state index contributed by atoms with van der Waals surface area (Å²) in [6.07, 6.45) is 7.37. The molecule has 0 saturated carbocycles. The highest BCUT2D eigenvalue weighted by atomic mass is 16.5. The molecule has 0 radical (unpaired) electrons. The smallest absolute Gasteiger partial charge is 0.319 e. The molecule has 0 aliphatic rings. The Morgan fingerprint density at radius 3 is 2.73 bits per heavy atom. The van der Waals surface area contributed by atoms with Crippen molar-refractivity contribution in [2.45, 2.75) is 32.9 Å². The number of urea groups is 1. The summed E-state index contributed by atoms with van der Waals surface area (Å²) >= 11 is 0. The van der Waals surface area contributed by atoms with Crippen LogP contribution in [0.25, 0.3) is 0 Å². The number of nitrogens with one attached hydrogen (secondary N) is 2. The number of imidazole rings is 1. The van der Waals surface area contributed by atoms with Gasteiger partial charge in [-0.1, -0.05) is 24.3 Å². The molecule has 30 heavy (non-hydrogen) atoms. The number of aryl methyl sites for hydroxylation is 1. The SMILES string of the molecule is COc1ccccc1COc1cccc(NC(=O)NCCCCn2ccnc2)c1C. The molecule has 7 nitrogen and oxygen atoms in total. The Hall–Kier alpha value is -3.48. The second kappa shape index (κ2) is 10.9. The van der Waals surface area contributed by atoms with E-state index in [2.05, 4.69) is 15.6 Å². The highest BCUT2D eigenvalue weighted by Crippen LogP contribution is 2.27. The molecule has 1 aromatic heterocycles. The number of rotatable bonds is 10. The van der Waals surface area contributed by atoms with E-state index < -0.39 is 0 Å². The van der Waals surface area contributed by atoms with Gasteiger partial charge in [0.05, 0.1) is 13.4 Å². The highest BCUT2D eigenvalue weighted by Gasteiger charge is 2.10. The maximum atomic E-state index is 12.2. The summed E-state index contributed by atoms with van der Waals surface area (Å²) in [6.45, 7) is 3.83. The zero-order valence-corrected chi connectivity index (χ0v) is 17.4. The molecule has 3 aromatic rings. The molecule has 2 amide bonds. The number of hydrogen-bond donors (Lipinski definition) is 2. The zero-order valence-electron chi connectivity index (χ0n) is 17.4. The maximum Gasteiger partial charge on any atom is 0.319 e. The fourth-order valence-corrected chi connectivity index (χ4v) is 3.09. The Balaban J connectivity index is 1.47. The molecule has 0 bridgehead atoms. The highest BCUT2D eigenvalue weighted by molar-refractivity contribution is 5.90. The van der Waals surface area contributed by atoms with E-state index in [1.807, 2.05) is 60.2 Å². The van der Waals surface area contributed by atoms with Gasteiger partial charge in [-0.05, 0) is 38.0 Å². The minimum Gasteiger partial charge on any atom is -0.496 e. The van der Waals surface area contributed by atoms with Gasteiger partial charge in [-0.15, -0.1) is 0 Å². The van der Waals surface area contributed by atoms with Crippen molar-refractivity contribution < 1.29 is 14.3 Å². The van der Waals surface area contributed by atoms with Gasteiger partial charge in [0.2, 0.25) is 0 Å². The topological polar surface area (TPSA) is 77.4 Å². The lowest BCUT2D eigenvalue weighted by molar-refractivity contribution is 0.252. The van der Waals surface area contributed by atoms with E-state index in [-0.39, 0.29) is 6.03 Å². The van der Waals surface area contributed by atoms with Crippen LogP contribution >= 0.6 is 0 Å². The molecule has 0 aliphatic heterocycles. The Kier molecular flexibility index (Phi) is 7.71. The monoisotopic (exact) mass is 408 g/mol. The van der Waals surface area contributed by atoms with Crippen molar-refractivity contribution in [3.8, 4) is 11.5 Å². The van der Waals surface area contributed by atoms with E-state index in [0.717, 1.165) is 47.7 Å². The third-order valence-corrected chi connectivity index (χ3v) is 4.80. The third kappa shape index (κ3) is 6.01. The molecule has 3 rings (SSSR count). The van der Waals surface area contributed by atoms with Gasteiger partial charge in [-0.2, -0.15) is 0 Å². The minimum absolute atomic E-state index is 0.220. The molecule has 7 heteroatoms. The molecular weight excluding hydrogens is 380 g/mol. The third-order valence-electron chi connectivity index (χ3n) is 4.80. The van der Waals surface area contributed by atoms with Crippen molar-refractivity contribution in [2.24, 2.45) is 0 Å². The van der Waals surface area contributed by atoms with E-state index in [1.54, 1.807) is 19.6 Å². The zero-order chi connectivity index (χ0) is 21.2. The molecule has 0 spiro atoms. The van der Waals surface area contributed by atoms with Gasteiger partial charge in [0, 0.05) is 42.3 Å². The lowest BCUT2D eigenvalue weighted by Gasteiger charge is -2.15. The van der Waals surface area contributed by atoms with Gasteiger partial charge < -0.3 is 24.7 Å². The Bertz CT molecular complexity index is 941. The van der Waals surface area contributed by atoms with Gasteiger partial charge in [0.25, 0.3) is 0 Å². The molecule has 0 fully saturated rings. The Morgan fingerprint density at radius 2 is 1.93 bits per heavy atom. The fraction of sp³-hybridized carbons (Fsp3) is 0.304. The number of carbonyl (C=O) groups excluding carboxylic acids is 1. The van der Waals surface area contributed by atoms with Crippen LogP contribution in [-0.2, 0) is 13.2 Å². The number of amides is 2. The van der Waals surface area contributed by atoms with Gasteiger partial charge in [0.1, 0.15) is 18.1 Å². The Labute approximate surface area is 177 Å². The van der Waals surface area contributed by atoms with Crippen LogP contribution in [0.15, 0.2) is 61.2 Å². The number of unbranched alkanes of at least 4 members (excludes halogenated alkanes) is 1. The summed E-state index contributed by atoms with van der Waals surface area (Å²) in [4.78, 5) is 16.3. The molecule has 158 valence electrons. The lowest BCUT2D eigenvalue weighted by Crippen LogP contribution is -2.29. The van der Waals surface area contributed by atoms with Crippen LogP contribution in [0.4, 0.5) is 10.5 Å². The molecular formula is C23H28N4O3. The fourth-order valence-electron chi connectivity index (χ4n) is 3.09. The second-order valence-electron chi connectivity index (χ2n) is 6.92. The molecule has 2 N–H and O–H groups in total. The standard InChI is InChI=1S/C23H28N4O3/c1-18-20(26-23(28)25-12-5-6-14-27-15-13-24-17-27)9-7-11-21(18)30-16-19-8-3-4-10-22(19)29-2/h3-4,7-11,13,15,17H,5-6,12,14,16H2,1-2H3,(H2,25,26,28). The Morgan fingerprint density at radius 1 is 1.10 bits per heavy atom. The number of carbonyl (C=O) groups is 1. The summed E-state index contributed by atoms with van der Waals surface area (Å²) in [5, 5.41) is 5.80. The van der Waals surface area contributed by atoms with Crippen LogP contribution in [0.1, 0.15) is 24.0 Å². The largest absolute Gasteiger partial charge is 0.496 e. The first kappa shape index (κ1) is 21.2. The van der Waals surface area contributed by atoms with E-state index in [9.17, 15) is 4.79 Å². The van der Waals surface area contributed by atoms with Gasteiger partial charge >= 0.3 is 6.03 Å². The molecule has 1 heterocycles. The van der Waals surface area contributed by atoms with E-state index >= 15 is 0 Å². The molecule has 0 aliphatic carbocycles.